The lowest BCUT2D eigenvalue weighted by molar-refractivity contribution is -0.119. The number of methoxy groups -OCH3 is 1. The summed E-state index contributed by atoms with van der Waals surface area (Å²) in [6, 6.07) is 12.6. The summed E-state index contributed by atoms with van der Waals surface area (Å²) in [4.78, 5) is 23.8. The Balaban J connectivity index is 2.04. The van der Waals surface area contributed by atoms with Crippen molar-refractivity contribution in [1.82, 2.24) is 0 Å². The molecule has 0 saturated heterocycles. The zero-order chi connectivity index (χ0) is 16.8. The van der Waals surface area contributed by atoms with E-state index >= 15 is 0 Å². The maximum absolute atomic E-state index is 12.3. The van der Waals surface area contributed by atoms with Crippen LogP contribution in [0.2, 0.25) is 0 Å². The molecule has 5 nitrogen and oxygen atoms in total. The van der Waals surface area contributed by atoms with Crippen molar-refractivity contribution >= 4 is 45.8 Å². The molecule has 23 heavy (non-hydrogen) atoms. The summed E-state index contributed by atoms with van der Waals surface area (Å²) in [7, 11) is 1.46. The zero-order valence-corrected chi connectivity index (χ0v) is 15.0. The molecule has 0 radical (unpaired) electrons. The third-order valence-corrected chi connectivity index (χ3v) is 4.57. The van der Waals surface area contributed by atoms with Gasteiger partial charge in [-0.2, -0.15) is 0 Å². The largest absolute Gasteiger partial charge is 0.375 e. The van der Waals surface area contributed by atoms with Gasteiger partial charge in [-0.25, -0.2) is 0 Å². The average molecular weight is 424 g/mol. The molecule has 2 N–H and O–H groups in total. The van der Waals surface area contributed by atoms with Gasteiger partial charge in [-0.05, 0) is 65.4 Å². The second kappa shape index (κ2) is 8.07. The summed E-state index contributed by atoms with van der Waals surface area (Å²) in [6.45, 7) is 1.97. The van der Waals surface area contributed by atoms with Gasteiger partial charge in [0.2, 0.25) is 5.91 Å². The molecule has 0 aliphatic rings. The molecule has 0 aromatic heterocycles. The Bertz CT molecular complexity index is 714. The van der Waals surface area contributed by atoms with Crippen LogP contribution in [0.4, 0.5) is 11.4 Å². The molecular weight excluding hydrogens is 407 g/mol. The predicted octanol–water partition coefficient (Wildman–Crippen LogP) is 3.44. The van der Waals surface area contributed by atoms with Crippen molar-refractivity contribution in [2.75, 3.05) is 24.4 Å². The number of ether oxygens (including phenoxy) is 1. The highest BCUT2D eigenvalue weighted by Crippen LogP contribution is 2.19. The first-order valence-corrected chi connectivity index (χ1v) is 8.04. The van der Waals surface area contributed by atoms with Crippen LogP contribution in [0, 0.1) is 10.5 Å². The van der Waals surface area contributed by atoms with Crippen LogP contribution < -0.4 is 10.6 Å². The van der Waals surface area contributed by atoms with Crippen molar-refractivity contribution < 1.29 is 14.3 Å². The van der Waals surface area contributed by atoms with Gasteiger partial charge < -0.3 is 15.4 Å². The highest BCUT2D eigenvalue weighted by molar-refractivity contribution is 14.1. The monoisotopic (exact) mass is 424 g/mol. The van der Waals surface area contributed by atoms with Crippen molar-refractivity contribution in [3.8, 4) is 0 Å². The minimum absolute atomic E-state index is 0.00425. The van der Waals surface area contributed by atoms with Crippen LogP contribution in [0.1, 0.15) is 15.9 Å². The molecule has 2 aromatic carbocycles. The van der Waals surface area contributed by atoms with Crippen molar-refractivity contribution in [1.29, 1.82) is 0 Å². The molecular formula is C17H17IN2O3. The molecule has 0 aliphatic carbocycles. The van der Waals surface area contributed by atoms with Gasteiger partial charge in [-0.15, -0.1) is 0 Å². The molecule has 0 aliphatic heterocycles. The quantitative estimate of drug-likeness (QED) is 0.723. The molecule has 120 valence electrons. The van der Waals surface area contributed by atoms with E-state index in [4.69, 9.17) is 4.74 Å². The number of anilines is 2. The van der Waals surface area contributed by atoms with Gasteiger partial charge in [0.05, 0.1) is 5.56 Å². The Morgan fingerprint density at radius 2 is 1.65 bits per heavy atom. The summed E-state index contributed by atoms with van der Waals surface area (Å²) >= 11 is 2.17. The third kappa shape index (κ3) is 4.77. The Hall–Kier alpha value is -1.93. The molecule has 0 spiro atoms. The Morgan fingerprint density at radius 1 is 1.04 bits per heavy atom. The number of benzene rings is 2. The van der Waals surface area contributed by atoms with Gasteiger partial charge in [-0.1, -0.05) is 12.1 Å². The predicted molar refractivity (Wildman–Crippen MR) is 98.8 cm³/mol. The fourth-order valence-electron chi connectivity index (χ4n) is 1.99. The summed E-state index contributed by atoms with van der Waals surface area (Å²) in [5.41, 5.74) is 3.02. The number of halogens is 1. The number of aryl methyl sites for hydroxylation is 1. The number of hydrogen-bond acceptors (Lipinski definition) is 3. The lowest BCUT2D eigenvalue weighted by Crippen LogP contribution is -2.17. The van der Waals surface area contributed by atoms with Crippen LogP contribution in [0.25, 0.3) is 0 Å². The van der Waals surface area contributed by atoms with Gasteiger partial charge in [0, 0.05) is 22.1 Å². The Kier molecular flexibility index (Phi) is 6.12. The van der Waals surface area contributed by atoms with Gasteiger partial charge in [0.25, 0.3) is 5.91 Å². The average Bonchev–Trinajstić information content (AvgIpc) is 2.52. The minimum atomic E-state index is -0.224. The van der Waals surface area contributed by atoms with E-state index in [0.717, 1.165) is 9.13 Å². The Morgan fingerprint density at radius 3 is 2.26 bits per heavy atom. The molecule has 2 amide bonds. The number of carbonyl (C=O) groups excluding carboxylic acids is 2. The highest BCUT2D eigenvalue weighted by Gasteiger charge is 2.11. The second-order valence-electron chi connectivity index (χ2n) is 4.95. The number of carbonyl (C=O) groups is 2. The van der Waals surface area contributed by atoms with E-state index in [9.17, 15) is 9.59 Å². The molecule has 0 bridgehead atoms. The number of hydrogen-bond donors (Lipinski definition) is 2. The number of nitrogens with one attached hydrogen (secondary N) is 2. The summed E-state index contributed by atoms with van der Waals surface area (Å²) in [5, 5.41) is 5.54. The van der Waals surface area contributed by atoms with E-state index in [2.05, 4.69) is 33.2 Å². The molecule has 0 heterocycles. The van der Waals surface area contributed by atoms with Crippen LogP contribution in [-0.4, -0.2) is 25.5 Å². The highest BCUT2D eigenvalue weighted by atomic mass is 127. The standard InChI is InChI=1S/C17H17IN2O3/c1-11-4-3-5-14(16(11)18)17(22)20-13-8-6-12(7-9-13)19-15(21)10-23-2/h3-9H,10H2,1-2H3,(H,19,21)(H,20,22). The van der Waals surface area contributed by atoms with Crippen LogP contribution in [0.15, 0.2) is 42.5 Å². The second-order valence-corrected chi connectivity index (χ2v) is 6.03. The molecule has 0 fully saturated rings. The minimum Gasteiger partial charge on any atom is -0.375 e. The van der Waals surface area contributed by atoms with Crippen LogP contribution in [0.3, 0.4) is 0 Å². The van der Waals surface area contributed by atoms with Crippen LogP contribution in [-0.2, 0) is 9.53 Å². The van der Waals surface area contributed by atoms with Gasteiger partial charge in [0.15, 0.2) is 0 Å². The van der Waals surface area contributed by atoms with E-state index < -0.39 is 0 Å². The first-order chi connectivity index (χ1) is 11.0. The fraction of sp³-hybridized carbons (Fsp3) is 0.176. The zero-order valence-electron chi connectivity index (χ0n) is 12.9. The summed E-state index contributed by atoms with van der Waals surface area (Å²) in [6.07, 6.45) is 0. The maximum Gasteiger partial charge on any atom is 0.256 e. The van der Waals surface area contributed by atoms with Crippen LogP contribution >= 0.6 is 22.6 Å². The lowest BCUT2D eigenvalue weighted by atomic mass is 10.1. The molecule has 6 heteroatoms. The molecule has 0 unspecified atom stereocenters. The maximum atomic E-state index is 12.3. The smallest absolute Gasteiger partial charge is 0.256 e. The van der Waals surface area contributed by atoms with Crippen molar-refractivity contribution in [3.63, 3.8) is 0 Å². The SMILES string of the molecule is COCC(=O)Nc1ccc(NC(=O)c2cccc(C)c2I)cc1. The molecule has 0 atom stereocenters. The summed E-state index contributed by atoms with van der Waals surface area (Å²) in [5.74, 6) is -0.382. The fourth-order valence-corrected chi connectivity index (χ4v) is 2.59. The van der Waals surface area contributed by atoms with Crippen molar-refractivity contribution in [3.05, 3.63) is 57.2 Å². The van der Waals surface area contributed by atoms with E-state index in [-0.39, 0.29) is 18.4 Å². The van der Waals surface area contributed by atoms with Crippen molar-refractivity contribution in [2.24, 2.45) is 0 Å². The van der Waals surface area contributed by atoms with E-state index in [1.807, 2.05) is 19.1 Å². The third-order valence-electron chi connectivity index (χ3n) is 3.14. The first kappa shape index (κ1) is 17.4. The van der Waals surface area contributed by atoms with Gasteiger partial charge in [0.1, 0.15) is 6.61 Å². The van der Waals surface area contributed by atoms with E-state index in [1.54, 1.807) is 30.3 Å². The molecule has 2 rings (SSSR count). The lowest BCUT2D eigenvalue weighted by Gasteiger charge is -2.10. The van der Waals surface area contributed by atoms with Gasteiger partial charge >= 0.3 is 0 Å². The normalized spacial score (nSPS) is 10.2. The number of rotatable bonds is 5. The van der Waals surface area contributed by atoms with Crippen molar-refractivity contribution in [2.45, 2.75) is 6.92 Å². The summed E-state index contributed by atoms with van der Waals surface area (Å²) < 4.78 is 5.69. The topological polar surface area (TPSA) is 67.4 Å². The number of amides is 2. The van der Waals surface area contributed by atoms with E-state index in [1.165, 1.54) is 7.11 Å². The van der Waals surface area contributed by atoms with E-state index in [0.29, 0.717) is 16.9 Å². The molecule has 2 aromatic rings. The Labute approximate surface area is 148 Å². The van der Waals surface area contributed by atoms with Crippen LogP contribution in [0.5, 0.6) is 0 Å². The molecule has 0 saturated carbocycles. The first-order valence-electron chi connectivity index (χ1n) is 6.96. The van der Waals surface area contributed by atoms with Gasteiger partial charge in [-0.3, -0.25) is 9.59 Å².